The molecule has 1 N–H and O–H groups in total. The summed E-state index contributed by atoms with van der Waals surface area (Å²) in [5.41, 5.74) is 1.89. The monoisotopic (exact) mass is 230 g/mol. The van der Waals surface area contributed by atoms with Gasteiger partial charge in [0.05, 0.1) is 0 Å². The second kappa shape index (κ2) is 4.43. The van der Waals surface area contributed by atoms with E-state index in [4.69, 9.17) is 0 Å². The van der Waals surface area contributed by atoms with Crippen LogP contribution >= 0.6 is 0 Å². The van der Waals surface area contributed by atoms with Crippen molar-refractivity contribution in [2.45, 2.75) is 37.8 Å². The lowest BCUT2D eigenvalue weighted by Crippen LogP contribution is -2.42. The van der Waals surface area contributed by atoms with Gasteiger partial charge in [0, 0.05) is 24.7 Å². The van der Waals surface area contributed by atoms with Crippen molar-refractivity contribution >= 4 is 0 Å². The Labute approximate surface area is 104 Å². The lowest BCUT2D eigenvalue weighted by atomic mass is 9.97. The lowest BCUT2D eigenvalue weighted by Gasteiger charge is -2.28. The first kappa shape index (κ1) is 11.2. The second-order valence-electron chi connectivity index (χ2n) is 5.62. The van der Waals surface area contributed by atoms with Gasteiger partial charge in [-0.15, -0.1) is 0 Å². The molecule has 0 aromatic heterocycles. The number of hydrogen-bond acceptors (Lipinski definition) is 2. The van der Waals surface area contributed by atoms with E-state index in [1.807, 2.05) is 0 Å². The predicted octanol–water partition coefficient (Wildman–Crippen LogP) is 2.58. The van der Waals surface area contributed by atoms with E-state index in [1.165, 1.54) is 44.5 Å². The molecule has 1 aromatic carbocycles. The normalized spacial score (nSPS) is 31.1. The standard InChI is InChI=1S/C15H22N2/c1-13(14-6-3-2-4-7-14)17-11-9-15(12-17)8-5-10-16-15/h2-4,6-7,13,16H,5,8-12H2,1H3/t13?,15-/m0/s1. The number of hydrogen-bond donors (Lipinski definition) is 1. The molecule has 92 valence electrons. The fraction of sp³-hybridized carbons (Fsp3) is 0.600. The Bertz CT molecular complexity index is 368. The average molecular weight is 230 g/mol. The average Bonchev–Trinajstić information content (AvgIpc) is 3.01. The molecule has 2 aliphatic rings. The fourth-order valence-corrected chi connectivity index (χ4v) is 3.39. The maximum Gasteiger partial charge on any atom is 0.0321 e. The van der Waals surface area contributed by atoms with Gasteiger partial charge in [-0.1, -0.05) is 30.3 Å². The highest BCUT2D eigenvalue weighted by Crippen LogP contribution is 2.34. The summed E-state index contributed by atoms with van der Waals surface area (Å²) >= 11 is 0. The summed E-state index contributed by atoms with van der Waals surface area (Å²) in [6, 6.07) is 11.4. The minimum Gasteiger partial charge on any atom is -0.310 e. The summed E-state index contributed by atoms with van der Waals surface area (Å²) in [5.74, 6) is 0. The molecular formula is C15H22N2. The number of rotatable bonds is 2. The third kappa shape index (κ3) is 2.12. The van der Waals surface area contributed by atoms with Gasteiger partial charge in [0.25, 0.3) is 0 Å². The summed E-state index contributed by atoms with van der Waals surface area (Å²) in [5, 5.41) is 3.73. The SMILES string of the molecule is CC(c1ccccc1)N1CC[C@@]2(CCCN2)C1. The van der Waals surface area contributed by atoms with E-state index >= 15 is 0 Å². The molecule has 2 heteroatoms. The third-order valence-corrected chi connectivity index (χ3v) is 4.55. The van der Waals surface area contributed by atoms with Crippen LogP contribution in [0.25, 0.3) is 0 Å². The Morgan fingerprint density at radius 1 is 1.24 bits per heavy atom. The number of benzene rings is 1. The van der Waals surface area contributed by atoms with Gasteiger partial charge in [-0.2, -0.15) is 0 Å². The Hall–Kier alpha value is -0.860. The third-order valence-electron chi connectivity index (χ3n) is 4.55. The van der Waals surface area contributed by atoms with Crippen LogP contribution in [0.3, 0.4) is 0 Å². The zero-order valence-electron chi connectivity index (χ0n) is 10.7. The predicted molar refractivity (Wildman–Crippen MR) is 71.0 cm³/mol. The molecule has 0 bridgehead atoms. The van der Waals surface area contributed by atoms with Crippen molar-refractivity contribution in [2.24, 2.45) is 0 Å². The highest BCUT2D eigenvalue weighted by atomic mass is 15.2. The molecule has 2 saturated heterocycles. The fourth-order valence-electron chi connectivity index (χ4n) is 3.39. The van der Waals surface area contributed by atoms with E-state index in [0.29, 0.717) is 11.6 Å². The largest absolute Gasteiger partial charge is 0.310 e. The van der Waals surface area contributed by atoms with Crippen molar-refractivity contribution in [3.05, 3.63) is 35.9 Å². The van der Waals surface area contributed by atoms with E-state index in [1.54, 1.807) is 0 Å². The van der Waals surface area contributed by atoms with Gasteiger partial charge in [-0.3, -0.25) is 4.90 Å². The maximum absolute atomic E-state index is 3.73. The van der Waals surface area contributed by atoms with Gasteiger partial charge >= 0.3 is 0 Å². The van der Waals surface area contributed by atoms with E-state index in [-0.39, 0.29) is 0 Å². The van der Waals surface area contributed by atoms with Crippen LogP contribution in [0.1, 0.15) is 37.8 Å². The van der Waals surface area contributed by atoms with Gasteiger partial charge < -0.3 is 5.32 Å². The molecule has 0 radical (unpaired) electrons. The first-order valence-electron chi connectivity index (χ1n) is 6.83. The highest BCUT2D eigenvalue weighted by Gasteiger charge is 2.41. The molecule has 2 aliphatic heterocycles. The lowest BCUT2D eigenvalue weighted by molar-refractivity contribution is 0.238. The van der Waals surface area contributed by atoms with Crippen molar-refractivity contribution in [3.63, 3.8) is 0 Å². The maximum atomic E-state index is 3.73. The summed E-state index contributed by atoms with van der Waals surface area (Å²) in [6.07, 6.45) is 4.04. The van der Waals surface area contributed by atoms with Crippen LogP contribution in [0.15, 0.2) is 30.3 Å². The molecule has 0 saturated carbocycles. The van der Waals surface area contributed by atoms with E-state index in [2.05, 4.69) is 47.5 Å². The quantitative estimate of drug-likeness (QED) is 0.840. The second-order valence-corrected chi connectivity index (χ2v) is 5.62. The van der Waals surface area contributed by atoms with Crippen LogP contribution in [-0.4, -0.2) is 30.1 Å². The molecule has 2 atom stereocenters. The molecule has 0 amide bonds. The van der Waals surface area contributed by atoms with Crippen molar-refractivity contribution < 1.29 is 0 Å². The van der Waals surface area contributed by atoms with Gasteiger partial charge in [0.15, 0.2) is 0 Å². The van der Waals surface area contributed by atoms with Crippen molar-refractivity contribution in [1.29, 1.82) is 0 Å². The molecule has 1 aromatic rings. The first-order chi connectivity index (χ1) is 8.29. The highest BCUT2D eigenvalue weighted by molar-refractivity contribution is 5.19. The minimum atomic E-state index is 0.447. The van der Waals surface area contributed by atoms with Gasteiger partial charge in [0.2, 0.25) is 0 Å². The zero-order valence-corrected chi connectivity index (χ0v) is 10.7. The van der Waals surface area contributed by atoms with Crippen LogP contribution in [0, 0.1) is 0 Å². The summed E-state index contributed by atoms with van der Waals surface area (Å²) in [7, 11) is 0. The zero-order chi connectivity index (χ0) is 11.7. The molecular weight excluding hydrogens is 208 g/mol. The summed E-state index contributed by atoms with van der Waals surface area (Å²) in [4.78, 5) is 2.63. The molecule has 1 spiro atoms. The number of likely N-dealkylation sites (tertiary alicyclic amines) is 1. The van der Waals surface area contributed by atoms with Gasteiger partial charge in [0.1, 0.15) is 0 Å². The molecule has 2 fully saturated rings. The van der Waals surface area contributed by atoms with Crippen LogP contribution in [0.2, 0.25) is 0 Å². The van der Waals surface area contributed by atoms with E-state index in [9.17, 15) is 0 Å². The number of nitrogens with zero attached hydrogens (tertiary/aromatic N) is 1. The molecule has 3 rings (SSSR count). The molecule has 17 heavy (non-hydrogen) atoms. The topological polar surface area (TPSA) is 15.3 Å². The van der Waals surface area contributed by atoms with Crippen molar-refractivity contribution in [3.8, 4) is 0 Å². The molecule has 1 unspecified atom stereocenters. The molecule has 2 heterocycles. The molecule has 0 aliphatic carbocycles. The molecule has 2 nitrogen and oxygen atoms in total. The van der Waals surface area contributed by atoms with Gasteiger partial charge in [-0.05, 0) is 38.3 Å². The Morgan fingerprint density at radius 2 is 2.06 bits per heavy atom. The van der Waals surface area contributed by atoms with Crippen LogP contribution in [-0.2, 0) is 0 Å². The summed E-state index contributed by atoms with van der Waals surface area (Å²) in [6.45, 7) is 6.02. The number of nitrogens with one attached hydrogen (secondary N) is 1. The Kier molecular flexibility index (Phi) is 2.93. The Morgan fingerprint density at radius 3 is 2.76 bits per heavy atom. The van der Waals surface area contributed by atoms with Crippen LogP contribution in [0.5, 0.6) is 0 Å². The van der Waals surface area contributed by atoms with E-state index < -0.39 is 0 Å². The smallest absolute Gasteiger partial charge is 0.0321 e. The first-order valence-corrected chi connectivity index (χ1v) is 6.83. The van der Waals surface area contributed by atoms with Crippen LogP contribution < -0.4 is 5.32 Å². The van der Waals surface area contributed by atoms with E-state index in [0.717, 1.165) is 0 Å². The van der Waals surface area contributed by atoms with Crippen molar-refractivity contribution in [1.82, 2.24) is 10.2 Å². The Balaban J connectivity index is 1.70. The van der Waals surface area contributed by atoms with Crippen LogP contribution in [0.4, 0.5) is 0 Å². The van der Waals surface area contributed by atoms with Crippen molar-refractivity contribution in [2.75, 3.05) is 19.6 Å². The minimum absolute atomic E-state index is 0.447. The summed E-state index contributed by atoms with van der Waals surface area (Å²) < 4.78 is 0. The van der Waals surface area contributed by atoms with Gasteiger partial charge in [-0.25, -0.2) is 0 Å².